The van der Waals surface area contributed by atoms with Crippen LogP contribution in [0.3, 0.4) is 0 Å². The van der Waals surface area contributed by atoms with Crippen LogP contribution in [0, 0.1) is 12.8 Å². The van der Waals surface area contributed by atoms with E-state index in [-0.39, 0.29) is 5.91 Å². The van der Waals surface area contributed by atoms with E-state index in [1.165, 1.54) is 0 Å². The molecule has 1 fully saturated rings. The Bertz CT molecular complexity index is 415. The monoisotopic (exact) mass is 250 g/mol. The number of nitrogens with zero attached hydrogens (tertiary/aromatic N) is 2. The Hall–Kier alpha value is -1.36. The van der Waals surface area contributed by atoms with Crippen molar-refractivity contribution >= 4 is 5.91 Å². The van der Waals surface area contributed by atoms with Crippen LogP contribution in [0.25, 0.3) is 0 Å². The normalized spacial score (nSPS) is 24.3. The molecular formula is C13H22N4O. The molecule has 0 bridgehead atoms. The van der Waals surface area contributed by atoms with Crippen LogP contribution in [0.5, 0.6) is 0 Å². The summed E-state index contributed by atoms with van der Waals surface area (Å²) in [5.74, 6) is 0.647. The summed E-state index contributed by atoms with van der Waals surface area (Å²) in [6.07, 6.45) is 3.75. The summed E-state index contributed by atoms with van der Waals surface area (Å²) in [6, 6.07) is 0.532. The summed E-state index contributed by atoms with van der Waals surface area (Å²) in [6.45, 7) is 5.74. The molecule has 5 heteroatoms. The summed E-state index contributed by atoms with van der Waals surface area (Å²) in [7, 11) is 2.00. The molecule has 0 aliphatic carbocycles. The van der Waals surface area contributed by atoms with Crippen LogP contribution >= 0.6 is 0 Å². The van der Waals surface area contributed by atoms with Crippen molar-refractivity contribution in [3.05, 3.63) is 17.5 Å². The number of piperidine rings is 1. The second kappa shape index (κ2) is 5.52. The van der Waals surface area contributed by atoms with Crippen LogP contribution in [0.2, 0.25) is 0 Å². The smallest absolute Gasteiger partial charge is 0.257 e. The lowest BCUT2D eigenvalue weighted by Crippen LogP contribution is -2.50. The number of carbonyl (C=O) groups excluding carboxylic acids is 1. The molecule has 2 heterocycles. The van der Waals surface area contributed by atoms with Gasteiger partial charge in [-0.2, -0.15) is 5.10 Å². The molecule has 1 aromatic rings. The highest BCUT2D eigenvalue weighted by molar-refractivity contribution is 5.95. The molecule has 1 aliphatic heterocycles. The number of hydrogen-bond donors (Lipinski definition) is 2. The van der Waals surface area contributed by atoms with E-state index in [1.807, 2.05) is 18.9 Å². The minimum Gasteiger partial charge on any atom is -0.338 e. The van der Waals surface area contributed by atoms with E-state index in [9.17, 15) is 4.79 Å². The fourth-order valence-electron chi connectivity index (χ4n) is 2.75. The second-order valence-electron chi connectivity index (χ2n) is 5.01. The molecule has 0 radical (unpaired) electrons. The topological polar surface area (TPSA) is 61.0 Å². The minimum atomic E-state index is 0.106. The van der Waals surface area contributed by atoms with Crippen molar-refractivity contribution in [2.45, 2.75) is 32.7 Å². The van der Waals surface area contributed by atoms with Gasteiger partial charge in [0, 0.05) is 24.8 Å². The van der Waals surface area contributed by atoms with Gasteiger partial charge in [-0.05, 0) is 26.3 Å². The van der Waals surface area contributed by atoms with E-state index in [1.54, 1.807) is 6.20 Å². The molecule has 18 heavy (non-hydrogen) atoms. The predicted molar refractivity (Wildman–Crippen MR) is 70.5 cm³/mol. The van der Waals surface area contributed by atoms with Gasteiger partial charge in [-0.1, -0.05) is 13.3 Å². The van der Waals surface area contributed by atoms with Gasteiger partial charge in [0.25, 0.3) is 5.91 Å². The number of likely N-dealkylation sites (tertiary alicyclic amines) is 1. The maximum absolute atomic E-state index is 12.4. The molecule has 0 aromatic carbocycles. The first-order chi connectivity index (χ1) is 8.67. The Morgan fingerprint density at radius 1 is 1.67 bits per heavy atom. The predicted octanol–water partition coefficient (Wildman–Crippen LogP) is 1.18. The Balaban J connectivity index is 2.07. The minimum absolute atomic E-state index is 0.106. The Morgan fingerprint density at radius 3 is 3.00 bits per heavy atom. The van der Waals surface area contributed by atoms with Crippen LogP contribution < -0.4 is 5.32 Å². The van der Waals surface area contributed by atoms with E-state index in [4.69, 9.17) is 0 Å². The maximum atomic E-state index is 12.4. The molecule has 2 unspecified atom stereocenters. The Morgan fingerprint density at radius 2 is 2.44 bits per heavy atom. The summed E-state index contributed by atoms with van der Waals surface area (Å²) >= 11 is 0. The second-order valence-corrected chi connectivity index (χ2v) is 5.01. The van der Waals surface area contributed by atoms with Crippen LogP contribution in [-0.4, -0.2) is 47.2 Å². The molecule has 100 valence electrons. The number of rotatable bonds is 3. The number of carbonyl (C=O) groups is 1. The first-order valence-corrected chi connectivity index (χ1v) is 6.63. The molecule has 2 atom stereocenters. The summed E-state index contributed by atoms with van der Waals surface area (Å²) in [5.41, 5.74) is 1.55. The lowest BCUT2D eigenvalue weighted by atomic mass is 9.90. The Labute approximate surface area is 108 Å². The van der Waals surface area contributed by atoms with Crippen LogP contribution in [0.4, 0.5) is 0 Å². The van der Waals surface area contributed by atoms with Crippen molar-refractivity contribution in [2.75, 3.05) is 20.1 Å². The van der Waals surface area contributed by atoms with Crippen molar-refractivity contribution in [3.8, 4) is 0 Å². The van der Waals surface area contributed by atoms with Crippen molar-refractivity contribution in [3.63, 3.8) is 0 Å². The lowest BCUT2D eigenvalue weighted by Gasteiger charge is -2.38. The molecule has 5 nitrogen and oxygen atoms in total. The third-order valence-corrected chi connectivity index (χ3v) is 3.98. The van der Waals surface area contributed by atoms with Crippen molar-refractivity contribution < 1.29 is 4.79 Å². The summed E-state index contributed by atoms with van der Waals surface area (Å²) in [5, 5.41) is 10.1. The number of aromatic amines is 1. The standard InChI is InChI=1S/C13H22N4O/c1-4-10-8-17(6-5-12(10)14-3)13(18)11-7-15-16-9(11)2/h7,10,12,14H,4-6,8H2,1-3H3,(H,15,16). The van der Waals surface area contributed by atoms with Crippen molar-refractivity contribution in [1.29, 1.82) is 0 Å². The average Bonchev–Trinajstić information content (AvgIpc) is 2.83. The van der Waals surface area contributed by atoms with Gasteiger partial charge >= 0.3 is 0 Å². The molecule has 2 rings (SSSR count). The van der Waals surface area contributed by atoms with E-state index >= 15 is 0 Å². The highest BCUT2D eigenvalue weighted by Crippen LogP contribution is 2.22. The van der Waals surface area contributed by atoms with E-state index in [0.717, 1.165) is 31.6 Å². The van der Waals surface area contributed by atoms with Gasteiger partial charge in [0.2, 0.25) is 0 Å². The maximum Gasteiger partial charge on any atom is 0.257 e. The number of hydrogen-bond acceptors (Lipinski definition) is 3. The highest BCUT2D eigenvalue weighted by Gasteiger charge is 2.30. The molecule has 1 aromatic heterocycles. The van der Waals surface area contributed by atoms with Gasteiger partial charge in [-0.15, -0.1) is 0 Å². The molecule has 1 amide bonds. The lowest BCUT2D eigenvalue weighted by molar-refractivity contribution is 0.0631. The summed E-state index contributed by atoms with van der Waals surface area (Å²) in [4.78, 5) is 14.3. The molecule has 2 N–H and O–H groups in total. The fourth-order valence-corrected chi connectivity index (χ4v) is 2.75. The number of nitrogens with one attached hydrogen (secondary N) is 2. The third kappa shape index (κ3) is 2.41. The first kappa shape index (κ1) is 13.1. The number of amides is 1. The fraction of sp³-hybridized carbons (Fsp3) is 0.692. The van der Waals surface area contributed by atoms with Crippen molar-refractivity contribution in [2.24, 2.45) is 5.92 Å². The molecule has 1 saturated heterocycles. The third-order valence-electron chi connectivity index (χ3n) is 3.98. The zero-order valence-electron chi connectivity index (χ0n) is 11.4. The zero-order chi connectivity index (χ0) is 13.1. The Kier molecular flexibility index (Phi) is 4.01. The van der Waals surface area contributed by atoms with E-state index in [0.29, 0.717) is 17.5 Å². The molecular weight excluding hydrogens is 228 g/mol. The molecule has 1 aliphatic rings. The van der Waals surface area contributed by atoms with Gasteiger partial charge in [-0.3, -0.25) is 9.89 Å². The van der Waals surface area contributed by atoms with Gasteiger partial charge in [-0.25, -0.2) is 0 Å². The van der Waals surface area contributed by atoms with Gasteiger partial charge in [0.05, 0.1) is 11.8 Å². The zero-order valence-corrected chi connectivity index (χ0v) is 11.4. The number of aryl methyl sites for hydroxylation is 1. The van der Waals surface area contributed by atoms with Crippen LogP contribution in [0.15, 0.2) is 6.20 Å². The quantitative estimate of drug-likeness (QED) is 0.847. The SMILES string of the molecule is CCC1CN(C(=O)c2cn[nH]c2C)CCC1NC. The van der Waals surface area contributed by atoms with Gasteiger partial charge < -0.3 is 10.2 Å². The van der Waals surface area contributed by atoms with Crippen LogP contribution in [-0.2, 0) is 0 Å². The number of H-pyrrole nitrogens is 1. The van der Waals surface area contributed by atoms with Crippen LogP contribution in [0.1, 0.15) is 35.8 Å². The number of aromatic nitrogens is 2. The molecule has 0 saturated carbocycles. The van der Waals surface area contributed by atoms with Crippen molar-refractivity contribution in [1.82, 2.24) is 20.4 Å². The average molecular weight is 250 g/mol. The van der Waals surface area contributed by atoms with Gasteiger partial charge in [0.15, 0.2) is 0 Å². The summed E-state index contributed by atoms with van der Waals surface area (Å²) < 4.78 is 0. The first-order valence-electron chi connectivity index (χ1n) is 6.63. The molecule has 0 spiro atoms. The van der Waals surface area contributed by atoms with E-state index in [2.05, 4.69) is 22.4 Å². The highest BCUT2D eigenvalue weighted by atomic mass is 16.2. The van der Waals surface area contributed by atoms with E-state index < -0.39 is 0 Å². The van der Waals surface area contributed by atoms with Gasteiger partial charge in [0.1, 0.15) is 0 Å². The largest absolute Gasteiger partial charge is 0.338 e.